The molecule has 0 bridgehead atoms. The Labute approximate surface area is 141 Å². The van der Waals surface area contributed by atoms with E-state index in [9.17, 15) is 9.59 Å². The topological polar surface area (TPSA) is 52.7 Å². The number of nitrogens with zero attached hydrogens (tertiary/aromatic N) is 2. The number of thioether (sulfide) groups is 1. The Morgan fingerprint density at radius 3 is 2.43 bits per heavy atom. The number of nitrogens with one attached hydrogen (secondary N) is 1. The van der Waals surface area contributed by atoms with Crippen LogP contribution in [0.25, 0.3) is 0 Å². The Morgan fingerprint density at radius 2 is 1.70 bits per heavy atom. The fourth-order valence-electron chi connectivity index (χ4n) is 2.98. The highest BCUT2D eigenvalue weighted by molar-refractivity contribution is 7.99. The van der Waals surface area contributed by atoms with Crippen molar-refractivity contribution in [2.45, 2.75) is 19.3 Å². The monoisotopic (exact) mass is 333 g/mol. The smallest absolute Gasteiger partial charge is 0.321 e. The molecule has 5 nitrogen and oxygen atoms in total. The van der Waals surface area contributed by atoms with E-state index >= 15 is 0 Å². The zero-order chi connectivity index (χ0) is 16.1. The van der Waals surface area contributed by atoms with Crippen molar-refractivity contribution in [2.24, 2.45) is 0 Å². The van der Waals surface area contributed by atoms with Crippen molar-refractivity contribution in [3.63, 3.8) is 0 Å². The molecule has 3 rings (SSSR count). The number of piperidine rings is 1. The van der Waals surface area contributed by atoms with E-state index in [1.54, 1.807) is 6.07 Å². The molecule has 0 aromatic heterocycles. The van der Waals surface area contributed by atoms with E-state index in [1.165, 1.54) is 6.42 Å². The summed E-state index contributed by atoms with van der Waals surface area (Å²) in [6.07, 6.45) is 3.36. The van der Waals surface area contributed by atoms with E-state index < -0.39 is 0 Å². The Kier molecular flexibility index (Phi) is 5.43. The summed E-state index contributed by atoms with van der Waals surface area (Å²) in [7, 11) is 0. The van der Waals surface area contributed by atoms with Gasteiger partial charge in [-0.05, 0) is 37.5 Å². The highest BCUT2D eigenvalue weighted by Crippen LogP contribution is 2.17. The van der Waals surface area contributed by atoms with Gasteiger partial charge in [-0.3, -0.25) is 4.79 Å². The molecule has 0 unspecified atom stereocenters. The van der Waals surface area contributed by atoms with E-state index in [1.807, 2.05) is 39.8 Å². The molecule has 23 heavy (non-hydrogen) atoms. The number of anilines is 1. The maximum absolute atomic E-state index is 12.5. The predicted molar refractivity (Wildman–Crippen MR) is 94.1 cm³/mol. The first-order chi connectivity index (χ1) is 11.2. The van der Waals surface area contributed by atoms with Gasteiger partial charge in [-0.2, -0.15) is 11.8 Å². The number of benzene rings is 1. The molecule has 2 heterocycles. The summed E-state index contributed by atoms with van der Waals surface area (Å²) < 4.78 is 0. The molecular formula is C17H23N3O2S. The first kappa shape index (κ1) is 16.2. The lowest BCUT2D eigenvalue weighted by atomic mass is 10.1. The van der Waals surface area contributed by atoms with Gasteiger partial charge in [0.05, 0.1) is 0 Å². The minimum Gasteiger partial charge on any atom is -0.339 e. The highest BCUT2D eigenvalue weighted by Gasteiger charge is 2.20. The van der Waals surface area contributed by atoms with Gasteiger partial charge in [0.1, 0.15) is 0 Å². The highest BCUT2D eigenvalue weighted by atomic mass is 32.2. The van der Waals surface area contributed by atoms with E-state index in [-0.39, 0.29) is 11.9 Å². The van der Waals surface area contributed by atoms with Gasteiger partial charge >= 0.3 is 6.03 Å². The largest absolute Gasteiger partial charge is 0.339 e. The molecule has 0 radical (unpaired) electrons. The molecule has 1 aromatic carbocycles. The molecular weight excluding hydrogens is 310 g/mol. The molecule has 124 valence electrons. The third-order valence-electron chi connectivity index (χ3n) is 4.30. The number of carbonyl (C=O) groups is 2. The summed E-state index contributed by atoms with van der Waals surface area (Å²) in [5.41, 5.74) is 1.34. The number of carbonyl (C=O) groups excluding carboxylic acids is 2. The molecule has 3 amide bonds. The van der Waals surface area contributed by atoms with Crippen LogP contribution in [0.5, 0.6) is 0 Å². The lowest BCUT2D eigenvalue weighted by Gasteiger charge is -2.27. The normalized spacial score (nSPS) is 18.6. The Balaban J connectivity index is 1.64. The molecule has 1 aromatic rings. The Hall–Kier alpha value is -1.69. The van der Waals surface area contributed by atoms with Crippen LogP contribution in [0.2, 0.25) is 0 Å². The number of rotatable bonds is 2. The maximum Gasteiger partial charge on any atom is 0.321 e. The van der Waals surface area contributed by atoms with Gasteiger partial charge < -0.3 is 15.1 Å². The van der Waals surface area contributed by atoms with E-state index in [0.717, 1.165) is 50.5 Å². The number of hydrogen-bond donors (Lipinski definition) is 1. The lowest BCUT2D eigenvalue weighted by molar-refractivity contribution is 0.0724. The summed E-state index contributed by atoms with van der Waals surface area (Å²) in [6.45, 7) is 3.23. The van der Waals surface area contributed by atoms with Crippen molar-refractivity contribution in [2.75, 3.05) is 43.0 Å². The Bertz CT molecular complexity index is 567. The fraction of sp³-hybridized carbons (Fsp3) is 0.529. The first-order valence-electron chi connectivity index (χ1n) is 8.27. The molecule has 1 N–H and O–H groups in total. The van der Waals surface area contributed by atoms with E-state index in [2.05, 4.69) is 5.32 Å². The minimum atomic E-state index is -0.0760. The molecule has 6 heteroatoms. The van der Waals surface area contributed by atoms with Crippen molar-refractivity contribution < 1.29 is 9.59 Å². The van der Waals surface area contributed by atoms with Gasteiger partial charge in [-0.1, -0.05) is 6.07 Å². The van der Waals surface area contributed by atoms with Crippen LogP contribution in [-0.4, -0.2) is 59.4 Å². The lowest BCUT2D eigenvalue weighted by Crippen LogP contribution is -2.40. The average molecular weight is 333 g/mol. The molecule has 0 atom stereocenters. The van der Waals surface area contributed by atoms with Crippen molar-refractivity contribution in [3.05, 3.63) is 29.8 Å². The van der Waals surface area contributed by atoms with Crippen LogP contribution in [0.1, 0.15) is 29.6 Å². The minimum absolute atomic E-state index is 0.0650. The SMILES string of the molecule is O=C(Nc1cccc(C(=O)N2CCCCC2)c1)N1CCSCC1. The van der Waals surface area contributed by atoms with Crippen LogP contribution in [0.15, 0.2) is 24.3 Å². The number of urea groups is 1. The van der Waals surface area contributed by atoms with Crippen LogP contribution in [0.4, 0.5) is 10.5 Å². The van der Waals surface area contributed by atoms with Gasteiger partial charge in [0.2, 0.25) is 0 Å². The van der Waals surface area contributed by atoms with Crippen molar-refractivity contribution in [3.8, 4) is 0 Å². The summed E-state index contributed by atoms with van der Waals surface area (Å²) in [5.74, 6) is 2.04. The third kappa shape index (κ3) is 4.19. The van der Waals surface area contributed by atoms with Crippen molar-refractivity contribution in [1.82, 2.24) is 9.80 Å². The Morgan fingerprint density at radius 1 is 0.957 bits per heavy atom. The number of likely N-dealkylation sites (tertiary alicyclic amines) is 1. The van der Waals surface area contributed by atoms with E-state index in [4.69, 9.17) is 0 Å². The molecule has 2 saturated heterocycles. The van der Waals surface area contributed by atoms with Crippen LogP contribution in [-0.2, 0) is 0 Å². The van der Waals surface area contributed by atoms with Gasteiger partial charge in [0, 0.05) is 48.9 Å². The standard InChI is InChI=1S/C17H23N3O2S/c21-16(19-7-2-1-3-8-19)14-5-4-6-15(13-14)18-17(22)20-9-11-23-12-10-20/h4-6,13H,1-3,7-12H2,(H,18,22). The summed E-state index contributed by atoms with van der Waals surface area (Å²) in [4.78, 5) is 28.5. The van der Waals surface area contributed by atoms with Crippen molar-refractivity contribution >= 4 is 29.4 Å². The first-order valence-corrected chi connectivity index (χ1v) is 9.42. The molecule has 0 aliphatic carbocycles. The number of amides is 3. The van der Waals surface area contributed by atoms with Crippen LogP contribution >= 0.6 is 11.8 Å². The van der Waals surface area contributed by atoms with Gasteiger partial charge in [0.15, 0.2) is 0 Å². The quantitative estimate of drug-likeness (QED) is 0.905. The van der Waals surface area contributed by atoms with E-state index in [0.29, 0.717) is 11.3 Å². The third-order valence-corrected chi connectivity index (χ3v) is 5.24. The van der Waals surface area contributed by atoms with Crippen molar-refractivity contribution in [1.29, 1.82) is 0 Å². The molecule has 2 aliphatic heterocycles. The number of hydrogen-bond acceptors (Lipinski definition) is 3. The zero-order valence-corrected chi connectivity index (χ0v) is 14.1. The van der Waals surface area contributed by atoms with Crippen LogP contribution in [0, 0.1) is 0 Å². The second kappa shape index (κ2) is 7.73. The maximum atomic E-state index is 12.5. The molecule has 2 aliphatic rings. The summed E-state index contributed by atoms with van der Waals surface area (Å²) in [6, 6.07) is 7.20. The fourth-order valence-corrected chi connectivity index (χ4v) is 3.88. The van der Waals surface area contributed by atoms with Gasteiger partial charge in [0.25, 0.3) is 5.91 Å². The zero-order valence-electron chi connectivity index (χ0n) is 13.3. The van der Waals surface area contributed by atoms with Gasteiger partial charge in [-0.25, -0.2) is 4.79 Å². The second-order valence-corrected chi connectivity index (χ2v) is 7.19. The summed E-state index contributed by atoms with van der Waals surface area (Å²) >= 11 is 1.87. The van der Waals surface area contributed by atoms with Crippen LogP contribution < -0.4 is 5.32 Å². The van der Waals surface area contributed by atoms with Crippen LogP contribution in [0.3, 0.4) is 0 Å². The summed E-state index contributed by atoms with van der Waals surface area (Å²) in [5, 5.41) is 2.92. The second-order valence-electron chi connectivity index (χ2n) is 5.96. The molecule has 0 spiro atoms. The predicted octanol–water partition coefficient (Wildman–Crippen LogP) is 2.89. The molecule has 2 fully saturated rings. The average Bonchev–Trinajstić information content (AvgIpc) is 2.63. The molecule has 0 saturated carbocycles. The van der Waals surface area contributed by atoms with Gasteiger partial charge in [-0.15, -0.1) is 0 Å².